The van der Waals surface area contributed by atoms with Crippen molar-refractivity contribution in [3.63, 3.8) is 0 Å². The van der Waals surface area contributed by atoms with Crippen LogP contribution in [0, 0.1) is 5.82 Å². The largest absolute Gasteiger partial charge is 0.350 e. The number of hydrogen-bond donors (Lipinski definition) is 1. The number of carbonyl (C=O) groups excluding carboxylic acids is 2. The first kappa shape index (κ1) is 23.0. The highest BCUT2D eigenvalue weighted by Crippen LogP contribution is 2.14. The number of hydrogen-bond acceptors (Lipinski definition) is 4. The van der Waals surface area contributed by atoms with Crippen molar-refractivity contribution in [3.8, 4) is 0 Å². The fraction of sp³-hybridized carbons (Fsp3) is 0.300. The number of carbonyl (C=O) groups is 2. The number of nitrogens with one attached hydrogen (secondary N) is 1. The summed E-state index contributed by atoms with van der Waals surface area (Å²) in [4.78, 5) is 25.7. The van der Waals surface area contributed by atoms with Crippen molar-refractivity contribution in [2.45, 2.75) is 19.2 Å². The van der Waals surface area contributed by atoms with Crippen molar-refractivity contribution in [3.05, 3.63) is 69.9 Å². The summed E-state index contributed by atoms with van der Waals surface area (Å²) >= 11 is 3.28. The zero-order valence-electron chi connectivity index (χ0n) is 15.9. The number of amides is 2. The van der Waals surface area contributed by atoms with Crippen molar-refractivity contribution >= 4 is 37.6 Å². The van der Waals surface area contributed by atoms with Gasteiger partial charge in [0.2, 0.25) is 11.8 Å². The second kappa shape index (κ2) is 10.5. The lowest BCUT2D eigenvalue weighted by molar-refractivity contribution is -0.133. The molecule has 0 heterocycles. The fourth-order valence-electron chi connectivity index (χ4n) is 2.62. The van der Waals surface area contributed by atoms with Crippen molar-refractivity contribution in [1.29, 1.82) is 0 Å². The second-order valence-corrected chi connectivity index (χ2v) is 9.45. The first-order chi connectivity index (χ1) is 13.7. The average Bonchev–Trinajstić information content (AvgIpc) is 2.64. The quantitative estimate of drug-likeness (QED) is 0.592. The van der Waals surface area contributed by atoms with Crippen LogP contribution in [0.5, 0.6) is 0 Å². The van der Waals surface area contributed by atoms with Crippen LogP contribution in [0.4, 0.5) is 4.39 Å². The van der Waals surface area contributed by atoms with E-state index in [-0.39, 0.29) is 31.2 Å². The molecule has 9 heteroatoms. The number of nitrogens with zero attached hydrogens (tertiary/aromatic N) is 1. The van der Waals surface area contributed by atoms with Gasteiger partial charge in [-0.2, -0.15) is 0 Å². The van der Waals surface area contributed by atoms with E-state index in [1.807, 2.05) is 0 Å². The van der Waals surface area contributed by atoms with E-state index in [0.717, 1.165) is 4.47 Å². The number of benzene rings is 2. The Morgan fingerprint density at radius 1 is 1.10 bits per heavy atom. The van der Waals surface area contributed by atoms with E-state index in [9.17, 15) is 22.4 Å². The molecular formula is C20H22BrFN2O4S. The Morgan fingerprint density at radius 2 is 1.79 bits per heavy atom. The lowest BCUT2D eigenvalue weighted by Crippen LogP contribution is -2.42. The summed E-state index contributed by atoms with van der Waals surface area (Å²) in [5.41, 5.74) is 1.29. The van der Waals surface area contributed by atoms with Crippen LogP contribution in [0.2, 0.25) is 0 Å². The van der Waals surface area contributed by atoms with E-state index in [2.05, 4.69) is 21.2 Å². The van der Waals surface area contributed by atoms with Gasteiger partial charge in [-0.25, -0.2) is 12.8 Å². The van der Waals surface area contributed by atoms with Crippen LogP contribution < -0.4 is 5.32 Å². The molecule has 2 amide bonds. The van der Waals surface area contributed by atoms with Gasteiger partial charge in [0.05, 0.1) is 12.3 Å². The highest BCUT2D eigenvalue weighted by molar-refractivity contribution is 9.10. The smallest absolute Gasteiger partial charge is 0.239 e. The van der Waals surface area contributed by atoms with Crippen LogP contribution in [0.1, 0.15) is 18.1 Å². The van der Waals surface area contributed by atoms with Gasteiger partial charge in [0.25, 0.3) is 0 Å². The number of rotatable bonds is 9. The molecule has 0 aliphatic carbocycles. The van der Waals surface area contributed by atoms with Gasteiger partial charge in [-0.1, -0.05) is 40.2 Å². The van der Waals surface area contributed by atoms with Gasteiger partial charge in [0, 0.05) is 17.6 Å². The van der Waals surface area contributed by atoms with Gasteiger partial charge in [-0.05, 0) is 42.3 Å². The Morgan fingerprint density at radius 3 is 2.41 bits per heavy atom. The average molecular weight is 485 g/mol. The van der Waals surface area contributed by atoms with E-state index >= 15 is 0 Å². The fourth-order valence-corrected chi connectivity index (χ4v) is 4.41. The minimum atomic E-state index is -3.68. The highest BCUT2D eigenvalue weighted by atomic mass is 79.9. The van der Waals surface area contributed by atoms with Crippen LogP contribution in [0.25, 0.3) is 0 Å². The molecular weight excluding hydrogens is 463 g/mol. The van der Waals surface area contributed by atoms with E-state index in [0.29, 0.717) is 11.1 Å². The van der Waals surface area contributed by atoms with Crippen LogP contribution in [0.15, 0.2) is 53.0 Å². The minimum absolute atomic E-state index is 0.187. The zero-order chi connectivity index (χ0) is 21.4. The molecule has 0 spiro atoms. The van der Waals surface area contributed by atoms with Crippen molar-refractivity contribution < 1.29 is 22.4 Å². The van der Waals surface area contributed by atoms with Gasteiger partial charge < -0.3 is 10.2 Å². The standard InChI is InChI=1S/C20H22BrFN2O4S/c1-2-24(12-19(25)23-11-15-6-8-18(22)9-7-15)20(26)14-29(27,28)13-16-4-3-5-17(21)10-16/h3-10H,2,11-14H2,1H3,(H,23,25). The zero-order valence-corrected chi connectivity index (χ0v) is 18.3. The third kappa shape index (κ3) is 7.94. The lowest BCUT2D eigenvalue weighted by Gasteiger charge is -2.20. The molecule has 2 aromatic carbocycles. The summed E-state index contributed by atoms with van der Waals surface area (Å²) in [6, 6.07) is 12.5. The van der Waals surface area contributed by atoms with Gasteiger partial charge in [0.1, 0.15) is 11.6 Å². The van der Waals surface area contributed by atoms with Gasteiger partial charge in [-0.3, -0.25) is 9.59 Å². The maximum atomic E-state index is 12.9. The molecule has 29 heavy (non-hydrogen) atoms. The molecule has 0 saturated carbocycles. The summed E-state index contributed by atoms with van der Waals surface area (Å²) in [7, 11) is -3.68. The summed E-state index contributed by atoms with van der Waals surface area (Å²) in [6.07, 6.45) is 0. The summed E-state index contributed by atoms with van der Waals surface area (Å²) in [5.74, 6) is -2.34. The second-order valence-electron chi connectivity index (χ2n) is 6.47. The molecule has 0 fully saturated rings. The van der Waals surface area contributed by atoms with E-state index < -0.39 is 27.4 Å². The van der Waals surface area contributed by atoms with Crippen LogP contribution >= 0.6 is 15.9 Å². The number of sulfone groups is 1. The van der Waals surface area contributed by atoms with Crippen LogP contribution in [0.3, 0.4) is 0 Å². The van der Waals surface area contributed by atoms with E-state index in [1.165, 1.54) is 17.0 Å². The lowest BCUT2D eigenvalue weighted by atomic mass is 10.2. The molecule has 0 radical (unpaired) electrons. The Balaban J connectivity index is 1.89. The molecule has 0 unspecified atom stereocenters. The maximum absolute atomic E-state index is 12.9. The van der Waals surface area contributed by atoms with Gasteiger partial charge in [0.15, 0.2) is 9.84 Å². The first-order valence-corrected chi connectivity index (χ1v) is 11.5. The molecule has 6 nitrogen and oxygen atoms in total. The normalized spacial score (nSPS) is 11.1. The molecule has 0 bridgehead atoms. The Hall–Kier alpha value is -2.26. The molecule has 0 aromatic heterocycles. The molecule has 0 aliphatic heterocycles. The summed E-state index contributed by atoms with van der Waals surface area (Å²) in [5, 5.41) is 2.64. The van der Waals surface area contributed by atoms with E-state index in [1.54, 1.807) is 43.3 Å². The predicted octanol–water partition coefficient (Wildman–Crippen LogP) is 2.67. The number of halogens is 2. The summed E-state index contributed by atoms with van der Waals surface area (Å²) < 4.78 is 38.4. The predicted molar refractivity (Wildman–Crippen MR) is 112 cm³/mol. The third-order valence-corrected chi connectivity index (χ3v) is 6.04. The molecule has 0 atom stereocenters. The van der Waals surface area contributed by atoms with Crippen molar-refractivity contribution in [2.24, 2.45) is 0 Å². The Kier molecular flexibility index (Phi) is 8.33. The maximum Gasteiger partial charge on any atom is 0.239 e. The monoisotopic (exact) mass is 484 g/mol. The molecule has 0 saturated heterocycles. The van der Waals surface area contributed by atoms with E-state index in [4.69, 9.17) is 0 Å². The van der Waals surface area contributed by atoms with Gasteiger partial charge >= 0.3 is 0 Å². The molecule has 2 rings (SSSR count). The SMILES string of the molecule is CCN(CC(=O)NCc1ccc(F)cc1)C(=O)CS(=O)(=O)Cc1cccc(Br)c1. The van der Waals surface area contributed by atoms with Gasteiger partial charge in [-0.15, -0.1) is 0 Å². The van der Waals surface area contributed by atoms with Crippen LogP contribution in [-0.4, -0.2) is 44.0 Å². The van der Waals surface area contributed by atoms with Crippen molar-refractivity contribution in [2.75, 3.05) is 18.8 Å². The topological polar surface area (TPSA) is 83.6 Å². The first-order valence-electron chi connectivity index (χ1n) is 8.92. The Bertz CT molecular complexity index is 965. The highest BCUT2D eigenvalue weighted by Gasteiger charge is 2.23. The molecule has 2 aromatic rings. The summed E-state index contributed by atoms with van der Waals surface area (Å²) in [6.45, 7) is 1.82. The third-order valence-electron chi connectivity index (χ3n) is 4.09. The molecule has 0 aliphatic rings. The minimum Gasteiger partial charge on any atom is -0.350 e. The Labute approximate surface area is 178 Å². The molecule has 156 valence electrons. The van der Waals surface area contributed by atoms with Crippen molar-refractivity contribution in [1.82, 2.24) is 10.2 Å². The van der Waals surface area contributed by atoms with Crippen LogP contribution in [-0.2, 0) is 31.7 Å². The number of likely N-dealkylation sites (N-methyl/N-ethyl adjacent to an activating group) is 1. The molecule has 1 N–H and O–H groups in total.